The topological polar surface area (TPSA) is 68.8 Å². The number of halogens is 3. The van der Waals surface area contributed by atoms with Crippen molar-refractivity contribution in [3.05, 3.63) is 59.2 Å². The number of ether oxygens (including phenoxy) is 3. The Balaban J connectivity index is 1.44. The van der Waals surface area contributed by atoms with Crippen LogP contribution in [0, 0.1) is 0 Å². The molecule has 3 rings (SSSR count). The molecule has 0 radical (unpaired) electrons. The third-order valence-corrected chi connectivity index (χ3v) is 4.42. The lowest BCUT2D eigenvalue weighted by Gasteiger charge is -2.21. The number of hydrogen-bond donors (Lipinski definition) is 2. The maximum absolute atomic E-state index is 12.2. The van der Waals surface area contributed by atoms with Crippen LogP contribution in [0.4, 0.5) is 18.0 Å². The molecule has 1 aliphatic rings. The van der Waals surface area contributed by atoms with Crippen LogP contribution in [-0.2, 0) is 17.9 Å². The van der Waals surface area contributed by atoms with Gasteiger partial charge in [-0.3, -0.25) is 0 Å². The van der Waals surface area contributed by atoms with Crippen molar-refractivity contribution in [1.82, 2.24) is 10.6 Å². The summed E-state index contributed by atoms with van der Waals surface area (Å²) < 4.78 is 51.9. The molecule has 0 saturated heterocycles. The summed E-state index contributed by atoms with van der Waals surface area (Å²) >= 11 is 0. The number of amides is 2. The van der Waals surface area contributed by atoms with Gasteiger partial charge in [-0.25, -0.2) is 4.79 Å². The number of benzene rings is 2. The van der Waals surface area contributed by atoms with Crippen LogP contribution in [-0.4, -0.2) is 32.0 Å². The molecule has 30 heavy (non-hydrogen) atoms. The summed E-state index contributed by atoms with van der Waals surface area (Å²) in [5, 5.41) is 5.61. The van der Waals surface area contributed by atoms with Crippen molar-refractivity contribution in [3.8, 4) is 11.5 Å². The Hall–Kier alpha value is -2.94. The van der Waals surface area contributed by atoms with Crippen LogP contribution < -0.4 is 20.1 Å². The summed E-state index contributed by atoms with van der Waals surface area (Å²) in [5.74, 6) is 1.35. The molecular formula is C21H23F3N2O4. The first-order chi connectivity index (χ1) is 14.3. The fraction of sp³-hybridized carbons (Fsp3) is 0.381. The summed E-state index contributed by atoms with van der Waals surface area (Å²) in [5.41, 5.74) is 2.33. The Bertz CT molecular complexity index is 856. The van der Waals surface area contributed by atoms with Gasteiger partial charge in [0.25, 0.3) is 0 Å². The van der Waals surface area contributed by atoms with Gasteiger partial charge in [0.2, 0.25) is 0 Å². The normalized spacial score (nSPS) is 14.1. The van der Waals surface area contributed by atoms with Gasteiger partial charge in [0.1, 0.15) is 19.8 Å². The zero-order valence-electron chi connectivity index (χ0n) is 16.4. The van der Waals surface area contributed by atoms with E-state index in [2.05, 4.69) is 15.4 Å². The van der Waals surface area contributed by atoms with E-state index < -0.39 is 12.8 Å². The second kappa shape index (κ2) is 9.71. The molecule has 162 valence electrons. The summed E-state index contributed by atoms with van der Waals surface area (Å²) in [6, 6.07) is 11.8. The van der Waals surface area contributed by atoms with E-state index in [0.29, 0.717) is 30.3 Å². The van der Waals surface area contributed by atoms with Crippen molar-refractivity contribution in [2.24, 2.45) is 0 Å². The highest BCUT2D eigenvalue weighted by atomic mass is 19.4. The zero-order chi connectivity index (χ0) is 21.6. The average Bonchev–Trinajstić information content (AvgIpc) is 2.72. The van der Waals surface area contributed by atoms with Crippen LogP contribution in [0.1, 0.15) is 29.7 Å². The van der Waals surface area contributed by atoms with E-state index in [4.69, 9.17) is 9.47 Å². The van der Waals surface area contributed by atoms with E-state index in [-0.39, 0.29) is 25.2 Å². The lowest BCUT2D eigenvalue weighted by molar-refractivity contribution is -0.176. The molecule has 1 atom stereocenters. The van der Waals surface area contributed by atoms with Crippen molar-refractivity contribution < 1.29 is 32.2 Å². The molecule has 6 nitrogen and oxygen atoms in total. The highest BCUT2D eigenvalue weighted by Gasteiger charge is 2.27. The number of carbonyl (C=O) groups is 1. The SMILES string of the molecule is CC(NC(=O)NCc1ccc(COCC(F)(F)F)cc1)c1ccc2c(c1)OCCO2. The Morgan fingerprint density at radius 2 is 1.73 bits per heavy atom. The summed E-state index contributed by atoms with van der Waals surface area (Å²) in [6.07, 6.45) is -4.34. The van der Waals surface area contributed by atoms with Crippen molar-refractivity contribution in [2.45, 2.75) is 32.3 Å². The first-order valence-electron chi connectivity index (χ1n) is 9.46. The molecule has 0 fully saturated rings. The van der Waals surface area contributed by atoms with Crippen molar-refractivity contribution in [2.75, 3.05) is 19.8 Å². The van der Waals surface area contributed by atoms with Crippen LogP contribution in [0.25, 0.3) is 0 Å². The van der Waals surface area contributed by atoms with Crippen LogP contribution in [0.3, 0.4) is 0 Å². The average molecular weight is 424 g/mol. The summed E-state index contributed by atoms with van der Waals surface area (Å²) in [6.45, 7) is 1.75. The van der Waals surface area contributed by atoms with E-state index in [1.54, 1.807) is 24.3 Å². The predicted octanol–water partition coefficient (Wildman–Crippen LogP) is 4.10. The van der Waals surface area contributed by atoms with Gasteiger partial charge in [-0.15, -0.1) is 0 Å². The largest absolute Gasteiger partial charge is 0.486 e. The zero-order valence-corrected chi connectivity index (χ0v) is 16.4. The first-order valence-corrected chi connectivity index (χ1v) is 9.46. The van der Waals surface area contributed by atoms with Crippen LogP contribution in [0.2, 0.25) is 0 Å². The fourth-order valence-electron chi connectivity index (χ4n) is 2.88. The second-order valence-electron chi connectivity index (χ2n) is 6.88. The maximum Gasteiger partial charge on any atom is 0.411 e. The monoisotopic (exact) mass is 424 g/mol. The Morgan fingerprint density at radius 1 is 1.07 bits per heavy atom. The summed E-state index contributed by atoms with van der Waals surface area (Å²) in [7, 11) is 0. The number of fused-ring (bicyclic) bond motifs is 1. The van der Waals surface area contributed by atoms with Crippen LogP contribution >= 0.6 is 0 Å². The van der Waals surface area contributed by atoms with E-state index in [1.165, 1.54) is 0 Å². The second-order valence-corrected chi connectivity index (χ2v) is 6.88. The van der Waals surface area contributed by atoms with E-state index in [0.717, 1.165) is 11.1 Å². The highest BCUT2D eigenvalue weighted by molar-refractivity contribution is 5.74. The van der Waals surface area contributed by atoms with E-state index >= 15 is 0 Å². The Morgan fingerprint density at radius 3 is 2.43 bits per heavy atom. The van der Waals surface area contributed by atoms with E-state index in [9.17, 15) is 18.0 Å². The molecule has 2 aromatic carbocycles. The van der Waals surface area contributed by atoms with Gasteiger partial charge in [0, 0.05) is 6.54 Å². The molecule has 0 aromatic heterocycles. The van der Waals surface area contributed by atoms with Crippen molar-refractivity contribution >= 4 is 6.03 Å². The number of hydrogen-bond acceptors (Lipinski definition) is 4. The minimum Gasteiger partial charge on any atom is -0.486 e. The lowest BCUT2D eigenvalue weighted by Crippen LogP contribution is -2.36. The molecule has 2 N–H and O–H groups in total. The van der Waals surface area contributed by atoms with Gasteiger partial charge >= 0.3 is 12.2 Å². The number of alkyl halides is 3. The van der Waals surface area contributed by atoms with Crippen LogP contribution in [0.15, 0.2) is 42.5 Å². The van der Waals surface area contributed by atoms with Crippen molar-refractivity contribution in [3.63, 3.8) is 0 Å². The molecule has 1 heterocycles. The molecule has 0 aliphatic carbocycles. The molecular weight excluding hydrogens is 401 g/mol. The molecule has 2 amide bonds. The summed E-state index contributed by atoms with van der Waals surface area (Å²) in [4.78, 5) is 12.2. The Kier molecular flexibility index (Phi) is 7.04. The van der Waals surface area contributed by atoms with Gasteiger partial charge in [-0.1, -0.05) is 30.3 Å². The van der Waals surface area contributed by atoms with Crippen molar-refractivity contribution in [1.29, 1.82) is 0 Å². The lowest BCUT2D eigenvalue weighted by atomic mass is 10.1. The predicted molar refractivity (Wildman–Crippen MR) is 103 cm³/mol. The molecule has 0 saturated carbocycles. The van der Waals surface area contributed by atoms with Gasteiger partial charge < -0.3 is 24.8 Å². The van der Waals surface area contributed by atoms with Gasteiger partial charge in [-0.05, 0) is 35.7 Å². The first kappa shape index (κ1) is 21.8. The minimum atomic E-state index is -4.34. The van der Waals surface area contributed by atoms with E-state index in [1.807, 2.05) is 25.1 Å². The molecule has 1 aliphatic heterocycles. The number of rotatable bonds is 7. The third-order valence-electron chi connectivity index (χ3n) is 4.42. The minimum absolute atomic E-state index is 0.124. The quantitative estimate of drug-likeness (QED) is 0.702. The third kappa shape index (κ3) is 6.55. The fourth-order valence-corrected chi connectivity index (χ4v) is 2.88. The number of urea groups is 1. The maximum atomic E-state index is 12.2. The smallest absolute Gasteiger partial charge is 0.411 e. The molecule has 2 aromatic rings. The van der Waals surface area contributed by atoms with Crippen LogP contribution in [0.5, 0.6) is 11.5 Å². The standard InChI is InChI=1S/C21H23F3N2O4/c1-14(17-6-7-18-19(10-17)30-9-8-29-18)26-20(27)25-11-15-2-4-16(5-3-15)12-28-13-21(22,23)24/h2-7,10,14H,8-9,11-13H2,1H3,(H2,25,26,27). The molecule has 0 spiro atoms. The number of carbonyl (C=O) groups excluding carboxylic acids is 1. The van der Waals surface area contributed by atoms with Gasteiger partial charge in [-0.2, -0.15) is 13.2 Å². The number of nitrogens with one attached hydrogen (secondary N) is 2. The molecule has 9 heteroatoms. The Labute approximate surface area is 172 Å². The molecule has 1 unspecified atom stereocenters. The van der Waals surface area contributed by atoms with Gasteiger partial charge in [0.15, 0.2) is 11.5 Å². The highest BCUT2D eigenvalue weighted by Crippen LogP contribution is 2.32. The van der Waals surface area contributed by atoms with Gasteiger partial charge in [0.05, 0.1) is 12.6 Å². The molecule has 0 bridgehead atoms.